The number of pyridine rings is 1. The molecule has 0 saturated heterocycles. The largest absolute Gasteiger partial charge is 0.417 e. The molecule has 4 aliphatic rings. The Morgan fingerprint density at radius 1 is 1.21 bits per heavy atom. The van der Waals surface area contributed by atoms with Crippen LogP contribution in [0.2, 0.25) is 0 Å². The minimum atomic E-state index is -4.42. The summed E-state index contributed by atoms with van der Waals surface area (Å²) < 4.78 is 46.1. The summed E-state index contributed by atoms with van der Waals surface area (Å²) in [6, 6.07) is 2.85. The number of aliphatic imine (C=N–C) groups is 1. The van der Waals surface area contributed by atoms with Gasteiger partial charge in [0.05, 0.1) is 24.3 Å². The van der Waals surface area contributed by atoms with Gasteiger partial charge in [0.15, 0.2) is 6.29 Å². The van der Waals surface area contributed by atoms with Gasteiger partial charge in [0.1, 0.15) is 0 Å². The Bertz CT molecular complexity index is 1340. The Kier molecular flexibility index (Phi) is 7.26. The van der Waals surface area contributed by atoms with Crippen LogP contribution >= 0.6 is 0 Å². The molecule has 2 aliphatic heterocycles. The molecule has 2 aliphatic carbocycles. The molecule has 6 nitrogen and oxygen atoms in total. The molecule has 0 fully saturated rings. The number of fused-ring (bicyclic) bond motifs is 2. The second-order valence-corrected chi connectivity index (χ2v) is 12.2. The highest BCUT2D eigenvalue weighted by molar-refractivity contribution is 5.81. The van der Waals surface area contributed by atoms with Crippen LogP contribution in [0.25, 0.3) is 5.70 Å². The third-order valence-corrected chi connectivity index (χ3v) is 8.04. The first-order chi connectivity index (χ1) is 18.3. The normalized spacial score (nSPS) is 26.1. The zero-order chi connectivity index (χ0) is 28.1. The number of aliphatic hydroxyl groups is 1. The molecule has 1 aromatic heterocycles. The number of likely N-dealkylation sites (N-methyl/N-ethyl adjacent to an activating group) is 1. The van der Waals surface area contributed by atoms with Gasteiger partial charge in [-0.3, -0.25) is 14.4 Å². The zero-order valence-electron chi connectivity index (χ0n) is 22.8. The van der Waals surface area contributed by atoms with Gasteiger partial charge < -0.3 is 14.7 Å². The van der Waals surface area contributed by atoms with Crippen LogP contribution in [-0.4, -0.2) is 53.0 Å². The van der Waals surface area contributed by atoms with Crippen molar-refractivity contribution in [1.29, 1.82) is 0 Å². The van der Waals surface area contributed by atoms with Crippen LogP contribution in [0.3, 0.4) is 0 Å². The molecule has 0 aromatic carbocycles. The van der Waals surface area contributed by atoms with E-state index in [2.05, 4.69) is 43.8 Å². The molecule has 39 heavy (non-hydrogen) atoms. The van der Waals surface area contributed by atoms with Gasteiger partial charge in [-0.25, -0.2) is 0 Å². The van der Waals surface area contributed by atoms with Crippen molar-refractivity contribution in [3.8, 4) is 0 Å². The molecule has 9 heteroatoms. The number of hydrogen-bond donors (Lipinski definition) is 1. The molecule has 0 saturated carbocycles. The van der Waals surface area contributed by atoms with Gasteiger partial charge in [0.25, 0.3) is 5.56 Å². The molecule has 1 aromatic rings. The van der Waals surface area contributed by atoms with Crippen LogP contribution in [0, 0.1) is 11.3 Å². The molecule has 4 unspecified atom stereocenters. The zero-order valence-corrected chi connectivity index (χ0v) is 22.8. The van der Waals surface area contributed by atoms with Crippen LogP contribution in [0.4, 0.5) is 13.2 Å². The van der Waals surface area contributed by atoms with Crippen molar-refractivity contribution in [1.82, 2.24) is 9.47 Å². The van der Waals surface area contributed by atoms with Crippen molar-refractivity contribution in [2.45, 2.75) is 77.4 Å². The number of allylic oxidation sites excluding steroid dienone is 4. The second-order valence-electron chi connectivity index (χ2n) is 12.2. The predicted octanol–water partition coefficient (Wildman–Crippen LogP) is 5.77. The summed E-state index contributed by atoms with van der Waals surface area (Å²) in [6.07, 6.45) is 5.78. The lowest BCUT2D eigenvalue weighted by molar-refractivity contribution is -0.152. The first kappa shape index (κ1) is 27.6. The molecule has 0 amide bonds. The number of aliphatic hydroxyl groups excluding tert-OH is 1. The van der Waals surface area contributed by atoms with Crippen LogP contribution < -0.4 is 5.56 Å². The van der Waals surface area contributed by atoms with Gasteiger partial charge >= 0.3 is 6.18 Å². The monoisotopic (exact) mass is 543 g/mol. The number of ether oxygens (including phenoxy) is 1. The lowest BCUT2D eigenvalue weighted by Crippen LogP contribution is -2.31. The molecule has 0 radical (unpaired) electrons. The first-order valence-electron chi connectivity index (χ1n) is 13.5. The number of alkyl halides is 3. The average molecular weight is 544 g/mol. The van der Waals surface area contributed by atoms with Crippen molar-refractivity contribution in [3.05, 3.63) is 74.9 Å². The molecule has 0 bridgehead atoms. The summed E-state index contributed by atoms with van der Waals surface area (Å²) in [5, 5.41) is 10.7. The number of nitrogens with zero attached hydrogens (tertiary/aromatic N) is 3. The Hall–Kier alpha value is -2.91. The fraction of sp³-hybridized carbons (Fsp3) is 0.533. The van der Waals surface area contributed by atoms with E-state index in [0.717, 1.165) is 37.3 Å². The summed E-state index contributed by atoms with van der Waals surface area (Å²) in [5.74, 6) is 0.0455. The van der Waals surface area contributed by atoms with Gasteiger partial charge in [-0.05, 0) is 60.0 Å². The molecule has 1 N–H and O–H groups in total. The van der Waals surface area contributed by atoms with Gasteiger partial charge in [0, 0.05) is 49.3 Å². The standard InChI is InChI=1S/C30H36F3N3O3/c1-29(2,3)17-39-28(38)19-5-10-25-23(13-19)22-8-7-21(15-26(22)35(25)4)36-12-11-18(14-27(36)37)24-9-6-20(16-34-24)30(31,32)33/h6-8,11-12,14,16,19,24,26,28,38H,5,9-10,13,15,17H2,1-4H3. The summed E-state index contributed by atoms with van der Waals surface area (Å²) >= 11 is 0. The van der Waals surface area contributed by atoms with Crippen LogP contribution in [0.5, 0.6) is 0 Å². The van der Waals surface area contributed by atoms with Crippen molar-refractivity contribution in [2.24, 2.45) is 16.3 Å². The van der Waals surface area contributed by atoms with Crippen LogP contribution in [0.15, 0.2) is 68.8 Å². The molecule has 210 valence electrons. The van der Waals surface area contributed by atoms with E-state index in [-0.39, 0.29) is 29.4 Å². The Morgan fingerprint density at radius 3 is 2.62 bits per heavy atom. The maximum absolute atomic E-state index is 13.1. The summed E-state index contributed by atoms with van der Waals surface area (Å²) in [7, 11) is 2.09. The highest BCUT2D eigenvalue weighted by Crippen LogP contribution is 2.47. The lowest BCUT2D eigenvalue weighted by Gasteiger charge is -2.31. The van der Waals surface area contributed by atoms with E-state index in [1.807, 2.05) is 6.08 Å². The molecular weight excluding hydrogens is 507 g/mol. The number of halogens is 3. The molecule has 0 spiro atoms. The summed E-state index contributed by atoms with van der Waals surface area (Å²) in [6.45, 7) is 6.75. The SMILES string of the molecule is CN1C2=C(CC(C(O)OCC(C)(C)C)CC2)C2=CC=C(n3ccc(C4CC=C(C(F)(F)F)C=N4)cc3=O)CC21. The van der Waals surface area contributed by atoms with E-state index >= 15 is 0 Å². The number of aromatic nitrogens is 1. The molecule has 3 heterocycles. The number of rotatable bonds is 5. The quantitative estimate of drug-likeness (QED) is 0.479. The van der Waals surface area contributed by atoms with E-state index in [4.69, 9.17) is 4.74 Å². The smallest absolute Gasteiger partial charge is 0.370 e. The van der Waals surface area contributed by atoms with Crippen molar-refractivity contribution >= 4 is 11.9 Å². The topological polar surface area (TPSA) is 67.1 Å². The molecule has 5 rings (SSSR count). The third kappa shape index (κ3) is 5.70. The minimum absolute atomic E-state index is 0.0144. The molecule has 4 atom stereocenters. The molecular formula is C30H36F3N3O3. The van der Waals surface area contributed by atoms with Gasteiger partial charge in [-0.1, -0.05) is 32.9 Å². The van der Waals surface area contributed by atoms with Crippen molar-refractivity contribution in [2.75, 3.05) is 13.7 Å². The Labute approximate surface area is 226 Å². The lowest BCUT2D eigenvalue weighted by atomic mass is 9.82. The van der Waals surface area contributed by atoms with Crippen LogP contribution in [0.1, 0.15) is 64.5 Å². The average Bonchev–Trinajstić information content (AvgIpc) is 3.17. The summed E-state index contributed by atoms with van der Waals surface area (Å²) in [5.41, 5.74) is 4.28. The first-order valence-corrected chi connectivity index (χ1v) is 13.5. The number of dihydropyridines is 1. The van der Waals surface area contributed by atoms with E-state index in [0.29, 0.717) is 18.6 Å². The Balaban J connectivity index is 1.31. The summed E-state index contributed by atoms with van der Waals surface area (Å²) in [4.78, 5) is 19.4. The van der Waals surface area contributed by atoms with E-state index in [1.54, 1.807) is 16.8 Å². The van der Waals surface area contributed by atoms with E-state index < -0.39 is 24.1 Å². The maximum Gasteiger partial charge on any atom is 0.417 e. The minimum Gasteiger partial charge on any atom is -0.370 e. The van der Waals surface area contributed by atoms with Crippen LogP contribution in [-0.2, 0) is 4.74 Å². The fourth-order valence-corrected chi connectivity index (χ4v) is 5.90. The second kappa shape index (κ2) is 10.2. The predicted molar refractivity (Wildman–Crippen MR) is 145 cm³/mol. The van der Waals surface area contributed by atoms with Crippen molar-refractivity contribution < 1.29 is 23.0 Å². The van der Waals surface area contributed by atoms with E-state index in [1.165, 1.54) is 22.9 Å². The maximum atomic E-state index is 13.1. The third-order valence-electron chi connectivity index (χ3n) is 8.04. The van der Waals surface area contributed by atoms with Crippen molar-refractivity contribution in [3.63, 3.8) is 0 Å². The highest BCUT2D eigenvalue weighted by Gasteiger charge is 2.40. The highest BCUT2D eigenvalue weighted by atomic mass is 19.4. The fourth-order valence-electron chi connectivity index (χ4n) is 5.90. The van der Waals surface area contributed by atoms with E-state index in [9.17, 15) is 23.1 Å². The van der Waals surface area contributed by atoms with Gasteiger partial charge in [0.2, 0.25) is 0 Å². The van der Waals surface area contributed by atoms with Gasteiger partial charge in [-0.2, -0.15) is 13.2 Å². The number of hydrogen-bond acceptors (Lipinski definition) is 5. The van der Waals surface area contributed by atoms with Gasteiger partial charge in [-0.15, -0.1) is 0 Å². The Morgan fingerprint density at radius 2 is 1.97 bits per heavy atom.